The molecule has 1 aromatic carbocycles. The number of nitriles is 1. The third kappa shape index (κ3) is 5.26. The van der Waals surface area contributed by atoms with E-state index in [1.165, 1.54) is 0 Å². The van der Waals surface area contributed by atoms with Crippen molar-refractivity contribution < 1.29 is 14.6 Å². The second-order valence-electron chi connectivity index (χ2n) is 4.37. The van der Waals surface area contributed by atoms with Gasteiger partial charge in [-0.2, -0.15) is 5.26 Å². The molecule has 0 radical (unpaired) electrons. The first-order valence-corrected chi connectivity index (χ1v) is 6.37. The lowest BCUT2D eigenvalue weighted by Gasteiger charge is -2.22. The lowest BCUT2D eigenvalue weighted by atomic mass is 10.2. The highest BCUT2D eigenvalue weighted by atomic mass is 16.5. The van der Waals surface area contributed by atoms with Crippen LogP contribution in [0.1, 0.15) is 12.5 Å². The molecule has 3 N–H and O–H groups in total. The van der Waals surface area contributed by atoms with Crippen LogP contribution in [0.15, 0.2) is 24.3 Å². The lowest BCUT2D eigenvalue weighted by molar-refractivity contribution is -0.119. The molecule has 1 amide bonds. The molecule has 6 nitrogen and oxygen atoms in total. The zero-order valence-corrected chi connectivity index (χ0v) is 11.5. The number of ether oxygens (including phenoxy) is 1. The number of carbonyl (C=O) groups excluding carboxylic acids is 1. The van der Waals surface area contributed by atoms with E-state index in [4.69, 9.17) is 15.7 Å². The van der Waals surface area contributed by atoms with E-state index in [2.05, 4.69) is 0 Å². The van der Waals surface area contributed by atoms with Gasteiger partial charge in [-0.15, -0.1) is 0 Å². The van der Waals surface area contributed by atoms with E-state index < -0.39 is 12.0 Å². The van der Waals surface area contributed by atoms with Crippen LogP contribution in [0.3, 0.4) is 0 Å². The van der Waals surface area contributed by atoms with E-state index in [0.29, 0.717) is 17.9 Å². The number of benzene rings is 1. The van der Waals surface area contributed by atoms with Crippen LogP contribution >= 0.6 is 0 Å². The van der Waals surface area contributed by atoms with Crippen LogP contribution in [0.25, 0.3) is 0 Å². The fraction of sp³-hybridized carbons (Fsp3) is 0.429. The highest BCUT2D eigenvalue weighted by Crippen LogP contribution is 2.16. The second kappa shape index (κ2) is 8.15. The summed E-state index contributed by atoms with van der Waals surface area (Å²) in [6.45, 7) is 2.92. The van der Waals surface area contributed by atoms with Gasteiger partial charge in [0.05, 0.1) is 12.1 Å². The average molecular weight is 277 g/mol. The van der Waals surface area contributed by atoms with Crippen LogP contribution in [-0.2, 0) is 4.79 Å². The highest BCUT2D eigenvalue weighted by molar-refractivity contribution is 5.75. The number of aliphatic hydroxyl groups excluding tert-OH is 1. The Bertz CT molecular complexity index is 485. The summed E-state index contributed by atoms with van der Waals surface area (Å²) in [5.74, 6) is 0.00166. The largest absolute Gasteiger partial charge is 0.489 e. The number of hydrogen-bond donors (Lipinski definition) is 2. The maximum Gasteiger partial charge on any atom is 0.231 e. The quantitative estimate of drug-likeness (QED) is 0.702. The number of amides is 1. The molecule has 0 spiro atoms. The molecule has 20 heavy (non-hydrogen) atoms. The SMILES string of the molecule is CCN(CC(N)=O)CC(O)COc1ccccc1C#N. The number of hydrogen-bond acceptors (Lipinski definition) is 5. The molecule has 1 atom stereocenters. The normalized spacial score (nSPS) is 11.9. The number of aliphatic hydroxyl groups is 1. The summed E-state index contributed by atoms with van der Waals surface area (Å²) in [5.41, 5.74) is 5.54. The summed E-state index contributed by atoms with van der Waals surface area (Å²) in [7, 11) is 0. The summed E-state index contributed by atoms with van der Waals surface area (Å²) in [6, 6.07) is 8.84. The summed E-state index contributed by atoms with van der Waals surface area (Å²) >= 11 is 0. The Morgan fingerprint density at radius 3 is 2.85 bits per heavy atom. The van der Waals surface area contributed by atoms with Crippen LogP contribution in [0.2, 0.25) is 0 Å². The Morgan fingerprint density at radius 1 is 1.55 bits per heavy atom. The Morgan fingerprint density at radius 2 is 2.25 bits per heavy atom. The molecule has 0 heterocycles. The molecular formula is C14H19N3O3. The standard InChI is InChI=1S/C14H19N3O3/c1-2-17(9-14(16)19)8-12(18)10-20-13-6-4-3-5-11(13)7-15/h3-6,12,18H,2,8-10H2,1H3,(H2,16,19). The van der Waals surface area contributed by atoms with Crippen LogP contribution in [0.4, 0.5) is 0 Å². The summed E-state index contributed by atoms with van der Waals surface area (Å²) in [6.07, 6.45) is -0.763. The van der Waals surface area contributed by atoms with Gasteiger partial charge in [0.15, 0.2) is 0 Å². The van der Waals surface area contributed by atoms with Crippen LogP contribution in [0, 0.1) is 11.3 Å². The van der Waals surface area contributed by atoms with Crippen molar-refractivity contribution in [2.75, 3.05) is 26.2 Å². The molecule has 0 aliphatic heterocycles. The van der Waals surface area contributed by atoms with Crippen molar-refractivity contribution in [2.45, 2.75) is 13.0 Å². The number of para-hydroxylation sites is 1. The first kappa shape index (κ1) is 16.0. The molecule has 0 fully saturated rings. The average Bonchev–Trinajstić information content (AvgIpc) is 2.44. The van der Waals surface area contributed by atoms with Gasteiger partial charge in [0, 0.05) is 6.54 Å². The molecule has 0 aliphatic rings. The van der Waals surface area contributed by atoms with Crippen LogP contribution < -0.4 is 10.5 Å². The molecule has 0 aliphatic carbocycles. The third-order valence-corrected chi connectivity index (χ3v) is 2.73. The Balaban J connectivity index is 2.48. The predicted octanol–water partition coefficient (Wildman–Crippen LogP) is 0.105. The van der Waals surface area contributed by atoms with E-state index in [1.807, 2.05) is 13.0 Å². The topological polar surface area (TPSA) is 99.6 Å². The Labute approximate surface area is 118 Å². The van der Waals surface area contributed by atoms with Crippen molar-refractivity contribution in [1.82, 2.24) is 4.90 Å². The fourth-order valence-corrected chi connectivity index (χ4v) is 1.75. The van der Waals surface area contributed by atoms with E-state index in [-0.39, 0.29) is 19.7 Å². The van der Waals surface area contributed by atoms with Gasteiger partial charge in [0.1, 0.15) is 24.5 Å². The Kier molecular flexibility index (Phi) is 6.50. The molecular weight excluding hydrogens is 258 g/mol. The van der Waals surface area contributed by atoms with Crippen molar-refractivity contribution in [1.29, 1.82) is 5.26 Å². The smallest absolute Gasteiger partial charge is 0.231 e. The minimum absolute atomic E-state index is 0.0496. The summed E-state index contributed by atoms with van der Waals surface area (Å²) in [5, 5.41) is 18.8. The van der Waals surface area contributed by atoms with Gasteiger partial charge in [-0.3, -0.25) is 9.69 Å². The van der Waals surface area contributed by atoms with Crippen molar-refractivity contribution >= 4 is 5.91 Å². The number of primary amides is 1. The van der Waals surface area contributed by atoms with E-state index in [1.54, 1.807) is 29.2 Å². The maximum absolute atomic E-state index is 10.8. The van der Waals surface area contributed by atoms with Gasteiger partial charge in [-0.25, -0.2) is 0 Å². The zero-order valence-electron chi connectivity index (χ0n) is 11.5. The summed E-state index contributed by atoms with van der Waals surface area (Å²) in [4.78, 5) is 12.6. The molecule has 1 aromatic rings. The van der Waals surface area contributed by atoms with Gasteiger partial charge in [0.2, 0.25) is 5.91 Å². The second-order valence-corrected chi connectivity index (χ2v) is 4.37. The number of carbonyl (C=O) groups is 1. The van der Waals surface area contributed by atoms with E-state index in [0.717, 1.165) is 0 Å². The molecule has 108 valence electrons. The fourth-order valence-electron chi connectivity index (χ4n) is 1.75. The van der Waals surface area contributed by atoms with Gasteiger partial charge in [0.25, 0.3) is 0 Å². The minimum atomic E-state index is -0.763. The molecule has 0 bridgehead atoms. The molecule has 6 heteroatoms. The lowest BCUT2D eigenvalue weighted by Crippen LogP contribution is -2.40. The summed E-state index contributed by atoms with van der Waals surface area (Å²) < 4.78 is 5.42. The molecule has 1 unspecified atom stereocenters. The van der Waals surface area contributed by atoms with Crippen LogP contribution in [-0.4, -0.2) is 48.3 Å². The molecule has 0 aromatic heterocycles. The van der Waals surface area contributed by atoms with Crippen molar-refractivity contribution in [3.8, 4) is 11.8 Å². The first-order valence-electron chi connectivity index (χ1n) is 6.37. The number of likely N-dealkylation sites (N-methyl/N-ethyl adjacent to an activating group) is 1. The predicted molar refractivity (Wildman–Crippen MR) is 74.0 cm³/mol. The highest BCUT2D eigenvalue weighted by Gasteiger charge is 2.13. The van der Waals surface area contributed by atoms with Gasteiger partial charge in [-0.05, 0) is 18.7 Å². The third-order valence-electron chi connectivity index (χ3n) is 2.73. The zero-order chi connectivity index (χ0) is 15.0. The van der Waals surface area contributed by atoms with Gasteiger partial charge in [-0.1, -0.05) is 19.1 Å². The number of nitrogens with zero attached hydrogens (tertiary/aromatic N) is 2. The molecule has 0 saturated heterocycles. The van der Waals surface area contributed by atoms with E-state index >= 15 is 0 Å². The minimum Gasteiger partial charge on any atom is -0.489 e. The monoisotopic (exact) mass is 277 g/mol. The van der Waals surface area contributed by atoms with Crippen molar-refractivity contribution in [3.63, 3.8) is 0 Å². The first-order chi connectivity index (χ1) is 9.56. The molecule has 1 rings (SSSR count). The number of nitrogens with two attached hydrogens (primary N) is 1. The Hall–Kier alpha value is -2.10. The van der Waals surface area contributed by atoms with Crippen molar-refractivity contribution in [2.24, 2.45) is 5.73 Å². The van der Waals surface area contributed by atoms with Gasteiger partial charge >= 0.3 is 0 Å². The molecule has 0 saturated carbocycles. The maximum atomic E-state index is 10.8. The van der Waals surface area contributed by atoms with Gasteiger partial charge < -0.3 is 15.6 Å². The number of rotatable bonds is 8. The van der Waals surface area contributed by atoms with Crippen LogP contribution in [0.5, 0.6) is 5.75 Å². The van der Waals surface area contributed by atoms with Crippen molar-refractivity contribution in [3.05, 3.63) is 29.8 Å². The van der Waals surface area contributed by atoms with E-state index in [9.17, 15) is 9.90 Å².